The van der Waals surface area contributed by atoms with Crippen LogP contribution in [-0.4, -0.2) is 37.8 Å². The van der Waals surface area contributed by atoms with Crippen molar-refractivity contribution in [2.75, 3.05) is 17.3 Å². The van der Waals surface area contributed by atoms with E-state index in [2.05, 4.69) is 30.4 Å². The summed E-state index contributed by atoms with van der Waals surface area (Å²) in [6.07, 6.45) is 0. The number of thioether (sulfide) groups is 2. The van der Waals surface area contributed by atoms with E-state index in [1.165, 1.54) is 23.5 Å². The maximum absolute atomic E-state index is 12.7. The number of nitriles is 1. The molecule has 9 heteroatoms. The number of halogens is 1. The highest BCUT2D eigenvalue weighted by Gasteiger charge is 2.46. The van der Waals surface area contributed by atoms with Crippen LogP contribution in [-0.2, 0) is 10.0 Å². The SMILES string of the molecule is C[Si](C)(C)CCS(=O)(=O)N[C@@H](c1ccc(Cl)cc1)C1(C#N)SCCS1. The van der Waals surface area contributed by atoms with Gasteiger partial charge in [0, 0.05) is 24.6 Å². The van der Waals surface area contributed by atoms with Gasteiger partial charge >= 0.3 is 0 Å². The summed E-state index contributed by atoms with van der Waals surface area (Å²) in [7, 11) is -4.96. The molecule has 0 spiro atoms. The zero-order chi connectivity index (χ0) is 18.7. The van der Waals surface area contributed by atoms with Crippen LogP contribution in [0.5, 0.6) is 0 Å². The lowest BCUT2D eigenvalue weighted by Crippen LogP contribution is -2.42. The first-order chi connectivity index (χ1) is 11.6. The molecule has 1 aromatic rings. The molecule has 0 saturated carbocycles. The Morgan fingerprint density at radius 3 is 2.32 bits per heavy atom. The van der Waals surface area contributed by atoms with Crippen LogP contribution in [0, 0.1) is 11.3 Å². The third kappa shape index (κ3) is 5.91. The number of sulfonamides is 1. The van der Waals surface area contributed by atoms with Crippen molar-refractivity contribution in [2.45, 2.75) is 35.8 Å². The molecule has 1 fully saturated rings. The van der Waals surface area contributed by atoms with E-state index < -0.39 is 28.2 Å². The predicted octanol–water partition coefficient (Wildman–Crippen LogP) is 4.34. The smallest absolute Gasteiger partial charge is 0.211 e. The number of hydrogen-bond acceptors (Lipinski definition) is 5. The predicted molar refractivity (Wildman–Crippen MR) is 113 cm³/mol. The second-order valence-corrected chi connectivity index (χ2v) is 18.1. The topological polar surface area (TPSA) is 70.0 Å². The van der Waals surface area contributed by atoms with Crippen molar-refractivity contribution < 1.29 is 8.42 Å². The quantitative estimate of drug-likeness (QED) is 0.646. The summed E-state index contributed by atoms with van der Waals surface area (Å²) in [6, 6.07) is 9.51. The number of nitrogens with one attached hydrogen (secondary N) is 1. The van der Waals surface area contributed by atoms with Gasteiger partial charge in [0.1, 0.15) is 0 Å². The van der Waals surface area contributed by atoms with Crippen molar-refractivity contribution in [3.63, 3.8) is 0 Å². The summed E-state index contributed by atoms with van der Waals surface area (Å²) in [5, 5.41) is 10.4. The Morgan fingerprint density at radius 1 is 1.28 bits per heavy atom. The molecule has 4 nitrogen and oxygen atoms in total. The largest absolute Gasteiger partial charge is 0.212 e. The highest BCUT2D eigenvalue weighted by atomic mass is 35.5. The molecule has 0 aromatic heterocycles. The molecule has 2 rings (SSSR count). The molecule has 1 atom stereocenters. The first kappa shape index (κ1) is 21.1. The Bertz CT molecular complexity index is 736. The van der Waals surface area contributed by atoms with Crippen molar-refractivity contribution in [2.24, 2.45) is 0 Å². The fraction of sp³-hybridized carbons (Fsp3) is 0.562. The molecule has 1 saturated heterocycles. The lowest BCUT2D eigenvalue weighted by molar-refractivity contribution is 0.557. The van der Waals surface area contributed by atoms with E-state index >= 15 is 0 Å². The van der Waals surface area contributed by atoms with Crippen molar-refractivity contribution in [3.8, 4) is 6.07 Å². The van der Waals surface area contributed by atoms with Gasteiger partial charge in [-0.2, -0.15) is 5.26 Å². The average Bonchev–Trinajstić information content (AvgIpc) is 3.01. The summed E-state index contributed by atoms with van der Waals surface area (Å²) in [6.45, 7) is 6.45. The van der Waals surface area contributed by atoms with Gasteiger partial charge in [-0.05, 0) is 23.7 Å². The van der Waals surface area contributed by atoms with Gasteiger partial charge in [-0.3, -0.25) is 0 Å². The molecule has 25 heavy (non-hydrogen) atoms. The highest BCUT2D eigenvalue weighted by Crippen LogP contribution is 2.51. The van der Waals surface area contributed by atoms with Crippen molar-refractivity contribution in [1.82, 2.24) is 4.72 Å². The Kier molecular flexibility index (Phi) is 6.96. The second kappa shape index (κ2) is 8.24. The lowest BCUT2D eigenvalue weighted by atomic mass is 10.0. The minimum absolute atomic E-state index is 0.101. The van der Waals surface area contributed by atoms with Gasteiger partial charge in [0.15, 0.2) is 4.08 Å². The molecule has 0 bridgehead atoms. The Morgan fingerprint density at radius 2 is 1.84 bits per heavy atom. The molecular formula is C16H23ClN2O2S3Si. The maximum Gasteiger partial charge on any atom is 0.211 e. The first-order valence-electron chi connectivity index (χ1n) is 8.02. The molecule has 1 aliphatic heterocycles. The van der Waals surface area contributed by atoms with Gasteiger partial charge in [0.25, 0.3) is 0 Å². The molecule has 1 aliphatic rings. The molecule has 0 aliphatic carbocycles. The Hall–Kier alpha value is -0.173. The van der Waals surface area contributed by atoms with Crippen LogP contribution in [0.1, 0.15) is 11.6 Å². The summed E-state index contributed by atoms with van der Waals surface area (Å²) in [5.41, 5.74) is 0.768. The molecule has 0 amide bonds. The maximum atomic E-state index is 12.7. The van der Waals surface area contributed by atoms with E-state index in [9.17, 15) is 13.7 Å². The third-order valence-corrected chi connectivity index (χ3v) is 10.9. The molecule has 1 heterocycles. The molecule has 0 unspecified atom stereocenters. The first-order valence-corrected chi connectivity index (χ1v) is 15.7. The molecule has 1 aromatic carbocycles. The Labute approximate surface area is 165 Å². The normalized spacial score (nSPS) is 18.7. The summed E-state index contributed by atoms with van der Waals surface area (Å²) >= 11 is 8.99. The van der Waals surface area contributed by atoms with Crippen molar-refractivity contribution in [1.29, 1.82) is 5.26 Å². The van der Waals surface area contributed by atoms with Gasteiger partial charge in [0.2, 0.25) is 10.0 Å². The number of nitrogens with zero attached hydrogens (tertiary/aromatic N) is 1. The standard InChI is InChI=1S/C16H23ClN2O2S3Si/c1-25(2,3)11-10-24(20,21)19-15(13-4-6-14(17)7-5-13)16(12-18)22-8-9-23-16/h4-7,15,19H,8-11H2,1-3H3/t15-/m0/s1. The van der Waals surface area contributed by atoms with E-state index in [0.717, 1.165) is 17.1 Å². The fourth-order valence-electron chi connectivity index (χ4n) is 2.42. The average molecular weight is 435 g/mol. The van der Waals surface area contributed by atoms with Crippen LogP contribution in [0.4, 0.5) is 0 Å². The molecular weight excluding hydrogens is 412 g/mol. The minimum atomic E-state index is -3.48. The number of hydrogen-bond donors (Lipinski definition) is 1. The van der Waals surface area contributed by atoms with Crippen LogP contribution >= 0.6 is 35.1 Å². The minimum Gasteiger partial charge on any atom is -0.212 e. The van der Waals surface area contributed by atoms with E-state index in [4.69, 9.17) is 11.6 Å². The van der Waals surface area contributed by atoms with Gasteiger partial charge in [-0.25, -0.2) is 13.1 Å². The molecule has 1 N–H and O–H groups in total. The van der Waals surface area contributed by atoms with Gasteiger partial charge in [0.05, 0.1) is 17.9 Å². The van der Waals surface area contributed by atoms with E-state index in [1.54, 1.807) is 24.3 Å². The lowest BCUT2D eigenvalue weighted by Gasteiger charge is -2.31. The summed E-state index contributed by atoms with van der Waals surface area (Å²) in [4.78, 5) is 0. The van der Waals surface area contributed by atoms with Crippen LogP contribution in [0.15, 0.2) is 24.3 Å². The fourth-order valence-corrected chi connectivity index (χ4v) is 9.97. The van der Waals surface area contributed by atoms with Gasteiger partial charge < -0.3 is 0 Å². The van der Waals surface area contributed by atoms with E-state index in [0.29, 0.717) is 11.1 Å². The van der Waals surface area contributed by atoms with Gasteiger partial charge in [-0.15, -0.1) is 23.5 Å². The monoisotopic (exact) mass is 434 g/mol. The summed E-state index contributed by atoms with van der Waals surface area (Å²) in [5.74, 6) is 1.77. The van der Waals surface area contributed by atoms with E-state index in [1.807, 2.05) is 0 Å². The van der Waals surface area contributed by atoms with Crippen LogP contribution in [0.3, 0.4) is 0 Å². The Balaban J connectivity index is 2.32. The second-order valence-electron chi connectivity index (χ2n) is 7.21. The molecule has 0 radical (unpaired) electrons. The van der Waals surface area contributed by atoms with Crippen molar-refractivity contribution >= 4 is 53.2 Å². The summed E-state index contributed by atoms with van der Waals surface area (Å²) < 4.78 is 27.4. The third-order valence-electron chi connectivity index (χ3n) is 3.87. The zero-order valence-electron chi connectivity index (χ0n) is 14.6. The van der Waals surface area contributed by atoms with Crippen LogP contribution in [0.25, 0.3) is 0 Å². The van der Waals surface area contributed by atoms with E-state index in [-0.39, 0.29) is 5.75 Å². The zero-order valence-corrected chi connectivity index (χ0v) is 18.8. The van der Waals surface area contributed by atoms with Gasteiger partial charge in [-0.1, -0.05) is 43.4 Å². The van der Waals surface area contributed by atoms with Crippen molar-refractivity contribution in [3.05, 3.63) is 34.9 Å². The highest BCUT2D eigenvalue weighted by molar-refractivity contribution is 8.21. The van der Waals surface area contributed by atoms with Crippen LogP contribution in [0.2, 0.25) is 30.7 Å². The molecule has 138 valence electrons. The number of rotatable bonds is 7. The van der Waals surface area contributed by atoms with Crippen LogP contribution < -0.4 is 4.72 Å². The number of benzene rings is 1.